The average molecular weight is 198 g/mol. The van der Waals surface area contributed by atoms with Crippen molar-refractivity contribution in [1.82, 2.24) is 9.97 Å². The Kier molecular flexibility index (Phi) is 2.65. The van der Waals surface area contributed by atoms with Crippen LogP contribution in [0, 0.1) is 10.1 Å². The van der Waals surface area contributed by atoms with E-state index in [1.165, 1.54) is 0 Å². The van der Waals surface area contributed by atoms with Gasteiger partial charge in [-0.15, -0.1) is 0 Å². The van der Waals surface area contributed by atoms with E-state index >= 15 is 0 Å². The number of nitrogen functional groups attached to an aromatic ring is 3. The third-order valence-corrected chi connectivity index (χ3v) is 1.63. The van der Waals surface area contributed by atoms with Crippen LogP contribution >= 0.6 is 0 Å². The summed E-state index contributed by atoms with van der Waals surface area (Å²) in [5.74, 6) is 0.151. The summed E-state index contributed by atoms with van der Waals surface area (Å²) in [5, 5.41) is 10.1. The maximum atomic E-state index is 10.1. The highest BCUT2D eigenvalue weighted by Gasteiger charge is 2.11. The third kappa shape index (κ3) is 2.19. The molecule has 0 saturated carbocycles. The van der Waals surface area contributed by atoms with Crippen molar-refractivity contribution in [3.8, 4) is 0 Å². The summed E-state index contributed by atoms with van der Waals surface area (Å²) in [6, 6.07) is 0. The van der Waals surface area contributed by atoms with E-state index < -0.39 is 4.92 Å². The van der Waals surface area contributed by atoms with Crippen LogP contribution in [0.25, 0.3) is 0 Å². The Morgan fingerprint density at radius 1 is 1.21 bits per heavy atom. The predicted molar refractivity (Wildman–Crippen MR) is 50.8 cm³/mol. The molecule has 0 atom stereocenters. The molecule has 0 bridgehead atoms. The Hall–Kier alpha value is -2.12. The van der Waals surface area contributed by atoms with Gasteiger partial charge in [0.15, 0.2) is 0 Å². The zero-order valence-corrected chi connectivity index (χ0v) is 7.30. The van der Waals surface area contributed by atoms with E-state index in [0.29, 0.717) is 5.56 Å². The minimum atomic E-state index is -0.463. The molecule has 0 radical (unpaired) electrons. The van der Waals surface area contributed by atoms with Crippen LogP contribution in [0.15, 0.2) is 0 Å². The molecular formula is C6H10N6O2. The molecule has 6 N–H and O–H groups in total. The predicted octanol–water partition coefficient (Wildman–Crippen LogP) is -0.958. The summed E-state index contributed by atoms with van der Waals surface area (Å²) in [6.07, 6.45) is 0.102. The summed E-state index contributed by atoms with van der Waals surface area (Å²) < 4.78 is 0. The fourth-order valence-corrected chi connectivity index (χ4v) is 0.997. The molecule has 1 heterocycles. The average Bonchev–Trinajstić information content (AvgIpc) is 2.01. The Bertz CT molecular complexity index is 342. The molecule has 0 unspecified atom stereocenters. The Balaban J connectivity index is 2.91. The van der Waals surface area contributed by atoms with E-state index in [0.717, 1.165) is 0 Å². The second-order valence-electron chi connectivity index (χ2n) is 2.64. The standard InChI is InChI=1S/C6H10N6O2/c7-4-3(1-2-12(13)14)5(8)11-6(9)10-4/h1-2H2,(H6,7,8,9,10,11). The van der Waals surface area contributed by atoms with Crippen LogP contribution in [-0.2, 0) is 6.42 Å². The van der Waals surface area contributed by atoms with Gasteiger partial charge in [0.25, 0.3) is 0 Å². The lowest BCUT2D eigenvalue weighted by Gasteiger charge is -2.05. The Labute approximate surface area is 79.3 Å². The smallest absolute Gasteiger partial charge is 0.223 e. The van der Waals surface area contributed by atoms with E-state index in [9.17, 15) is 10.1 Å². The van der Waals surface area contributed by atoms with Crippen molar-refractivity contribution in [3.63, 3.8) is 0 Å². The molecule has 0 aliphatic heterocycles. The topological polar surface area (TPSA) is 147 Å². The van der Waals surface area contributed by atoms with Crippen molar-refractivity contribution < 1.29 is 4.92 Å². The van der Waals surface area contributed by atoms with Crippen LogP contribution in [0.1, 0.15) is 5.56 Å². The summed E-state index contributed by atoms with van der Waals surface area (Å²) in [4.78, 5) is 17.0. The Morgan fingerprint density at radius 2 is 1.71 bits per heavy atom. The first kappa shape index (κ1) is 9.96. The van der Waals surface area contributed by atoms with Crippen LogP contribution in [0.4, 0.5) is 17.6 Å². The first-order chi connectivity index (χ1) is 6.50. The summed E-state index contributed by atoms with van der Waals surface area (Å²) in [6.45, 7) is -0.262. The van der Waals surface area contributed by atoms with Crippen molar-refractivity contribution >= 4 is 17.6 Å². The van der Waals surface area contributed by atoms with E-state index in [1.54, 1.807) is 0 Å². The van der Waals surface area contributed by atoms with Gasteiger partial charge >= 0.3 is 0 Å². The van der Waals surface area contributed by atoms with Crippen LogP contribution < -0.4 is 17.2 Å². The lowest BCUT2D eigenvalue weighted by molar-refractivity contribution is -0.479. The van der Waals surface area contributed by atoms with Gasteiger partial charge in [0.1, 0.15) is 11.6 Å². The molecular weight excluding hydrogens is 188 g/mol. The van der Waals surface area contributed by atoms with Crippen LogP contribution in [0.3, 0.4) is 0 Å². The first-order valence-corrected chi connectivity index (χ1v) is 3.80. The normalized spacial score (nSPS) is 10.0. The maximum Gasteiger partial charge on any atom is 0.223 e. The molecule has 0 aromatic carbocycles. The number of hydrogen-bond acceptors (Lipinski definition) is 7. The quantitative estimate of drug-likeness (QED) is 0.418. The van der Waals surface area contributed by atoms with Crippen molar-refractivity contribution in [2.45, 2.75) is 6.42 Å². The number of hydrogen-bond donors (Lipinski definition) is 3. The second-order valence-corrected chi connectivity index (χ2v) is 2.64. The number of nitrogens with two attached hydrogens (primary N) is 3. The molecule has 0 fully saturated rings. The molecule has 0 saturated heterocycles. The zero-order chi connectivity index (χ0) is 10.7. The fourth-order valence-electron chi connectivity index (χ4n) is 0.997. The lowest BCUT2D eigenvalue weighted by atomic mass is 10.2. The van der Waals surface area contributed by atoms with Crippen molar-refractivity contribution in [2.75, 3.05) is 23.7 Å². The molecule has 8 heteroatoms. The number of anilines is 3. The summed E-state index contributed by atoms with van der Waals surface area (Å²) >= 11 is 0. The highest BCUT2D eigenvalue weighted by Crippen LogP contribution is 2.16. The van der Waals surface area contributed by atoms with Gasteiger partial charge in [0.05, 0.1) is 0 Å². The summed E-state index contributed by atoms with van der Waals surface area (Å²) in [7, 11) is 0. The fraction of sp³-hybridized carbons (Fsp3) is 0.333. The SMILES string of the molecule is Nc1nc(N)c(CC[N+](=O)[O-])c(N)n1. The molecule has 76 valence electrons. The van der Waals surface area contributed by atoms with Gasteiger partial charge in [-0.3, -0.25) is 10.1 Å². The van der Waals surface area contributed by atoms with Crippen molar-refractivity contribution in [3.05, 3.63) is 15.7 Å². The van der Waals surface area contributed by atoms with E-state index in [4.69, 9.17) is 17.2 Å². The number of rotatable bonds is 3. The van der Waals surface area contributed by atoms with Gasteiger partial charge < -0.3 is 17.2 Å². The van der Waals surface area contributed by atoms with E-state index in [2.05, 4.69) is 9.97 Å². The van der Waals surface area contributed by atoms with Crippen LogP contribution in [-0.4, -0.2) is 21.4 Å². The molecule has 0 aliphatic carbocycles. The number of aromatic nitrogens is 2. The minimum absolute atomic E-state index is 0.0372. The number of nitro groups is 1. The van der Waals surface area contributed by atoms with Gasteiger partial charge in [0.2, 0.25) is 12.5 Å². The molecule has 1 aromatic heterocycles. The molecule has 0 aliphatic rings. The first-order valence-electron chi connectivity index (χ1n) is 3.80. The van der Waals surface area contributed by atoms with E-state index in [1.807, 2.05) is 0 Å². The monoisotopic (exact) mass is 198 g/mol. The van der Waals surface area contributed by atoms with Crippen molar-refractivity contribution in [1.29, 1.82) is 0 Å². The Morgan fingerprint density at radius 3 is 2.14 bits per heavy atom. The van der Waals surface area contributed by atoms with E-state index in [-0.39, 0.29) is 30.5 Å². The maximum absolute atomic E-state index is 10.1. The van der Waals surface area contributed by atoms with Crippen molar-refractivity contribution in [2.24, 2.45) is 0 Å². The molecule has 1 rings (SSSR count). The third-order valence-electron chi connectivity index (χ3n) is 1.63. The minimum Gasteiger partial charge on any atom is -0.383 e. The molecule has 0 spiro atoms. The molecule has 14 heavy (non-hydrogen) atoms. The largest absolute Gasteiger partial charge is 0.383 e. The second kappa shape index (κ2) is 3.73. The number of nitrogens with zero attached hydrogens (tertiary/aromatic N) is 3. The molecule has 1 aromatic rings. The molecule has 8 nitrogen and oxygen atoms in total. The van der Waals surface area contributed by atoms with Gasteiger partial charge in [-0.1, -0.05) is 0 Å². The van der Waals surface area contributed by atoms with Crippen LogP contribution in [0.2, 0.25) is 0 Å². The van der Waals surface area contributed by atoms with Gasteiger partial charge in [-0.05, 0) is 0 Å². The molecule has 0 amide bonds. The summed E-state index contributed by atoms with van der Waals surface area (Å²) in [5.41, 5.74) is 16.6. The highest BCUT2D eigenvalue weighted by molar-refractivity contribution is 5.55. The van der Waals surface area contributed by atoms with Gasteiger partial charge in [-0.25, -0.2) is 0 Å². The van der Waals surface area contributed by atoms with Gasteiger partial charge in [0, 0.05) is 16.9 Å². The van der Waals surface area contributed by atoms with Gasteiger partial charge in [-0.2, -0.15) is 9.97 Å². The lowest BCUT2D eigenvalue weighted by Crippen LogP contribution is -2.12. The zero-order valence-electron chi connectivity index (χ0n) is 7.30. The highest BCUT2D eigenvalue weighted by atomic mass is 16.6. The van der Waals surface area contributed by atoms with Crippen LogP contribution in [0.5, 0.6) is 0 Å².